The molecular weight excluding hydrogens is 220 g/mol. The lowest BCUT2D eigenvalue weighted by atomic mass is 10.2. The van der Waals surface area contributed by atoms with Crippen molar-refractivity contribution in [1.82, 2.24) is 4.98 Å². The van der Waals surface area contributed by atoms with Crippen molar-refractivity contribution in [2.24, 2.45) is 0 Å². The summed E-state index contributed by atoms with van der Waals surface area (Å²) in [7, 11) is 3.58. The van der Waals surface area contributed by atoms with E-state index < -0.39 is 4.92 Å². The Balaban J connectivity index is 3.14. The maximum absolute atomic E-state index is 10.8. The van der Waals surface area contributed by atoms with E-state index in [-0.39, 0.29) is 11.7 Å². The van der Waals surface area contributed by atoms with Crippen LogP contribution in [0.25, 0.3) is 0 Å². The predicted molar refractivity (Wildman–Crippen MR) is 68.6 cm³/mol. The van der Waals surface area contributed by atoms with Crippen LogP contribution < -0.4 is 10.2 Å². The molecule has 0 aliphatic carbocycles. The molecule has 0 aliphatic heterocycles. The van der Waals surface area contributed by atoms with Gasteiger partial charge in [-0.1, -0.05) is 6.92 Å². The average molecular weight is 238 g/mol. The second kappa shape index (κ2) is 5.47. The Morgan fingerprint density at radius 3 is 2.71 bits per heavy atom. The fourth-order valence-electron chi connectivity index (χ4n) is 1.42. The van der Waals surface area contributed by atoms with Crippen molar-refractivity contribution in [3.8, 4) is 0 Å². The van der Waals surface area contributed by atoms with Gasteiger partial charge in [-0.3, -0.25) is 10.1 Å². The predicted octanol–water partition coefficient (Wildman–Crippen LogP) is 2.27. The molecule has 94 valence electrons. The van der Waals surface area contributed by atoms with E-state index in [2.05, 4.69) is 24.1 Å². The molecule has 17 heavy (non-hydrogen) atoms. The molecule has 1 unspecified atom stereocenters. The molecule has 0 bridgehead atoms. The van der Waals surface area contributed by atoms with E-state index in [1.807, 2.05) is 11.9 Å². The van der Waals surface area contributed by atoms with Crippen molar-refractivity contribution in [1.29, 1.82) is 0 Å². The Kier molecular flexibility index (Phi) is 4.25. The quantitative estimate of drug-likeness (QED) is 0.629. The van der Waals surface area contributed by atoms with Crippen LogP contribution in [0.15, 0.2) is 12.1 Å². The van der Waals surface area contributed by atoms with Gasteiger partial charge in [-0.15, -0.1) is 0 Å². The minimum absolute atomic E-state index is 0.0505. The van der Waals surface area contributed by atoms with Crippen molar-refractivity contribution >= 4 is 17.3 Å². The monoisotopic (exact) mass is 238 g/mol. The van der Waals surface area contributed by atoms with Crippen LogP contribution in [0.4, 0.5) is 17.3 Å². The van der Waals surface area contributed by atoms with Crippen molar-refractivity contribution in [2.75, 3.05) is 24.3 Å². The third kappa shape index (κ3) is 3.05. The van der Waals surface area contributed by atoms with Gasteiger partial charge in [-0.05, 0) is 13.3 Å². The van der Waals surface area contributed by atoms with Gasteiger partial charge in [-0.2, -0.15) is 0 Å². The third-order valence-corrected chi connectivity index (χ3v) is 2.88. The average Bonchev–Trinajstić information content (AvgIpc) is 2.36. The molecule has 0 saturated carbocycles. The van der Waals surface area contributed by atoms with E-state index in [1.165, 1.54) is 12.1 Å². The lowest BCUT2D eigenvalue weighted by Crippen LogP contribution is -2.28. The first-order chi connectivity index (χ1) is 7.99. The van der Waals surface area contributed by atoms with E-state index in [9.17, 15) is 10.1 Å². The molecule has 1 aromatic heterocycles. The molecule has 0 saturated heterocycles. The topological polar surface area (TPSA) is 71.3 Å². The number of aromatic nitrogens is 1. The van der Waals surface area contributed by atoms with E-state index in [0.717, 1.165) is 6.42 Å². The summed E-state index contributed by atoms with van der Waals surface area (Å²) in [6.45, 7) is 4.12. The molecule has 0 spiro atoms. The van der Waals surface area contributed by atoms with Crippen LogP contribution in [0.1, 0.15) is 20.3 Å². The maximum atomic E-state index is 10.8. The Hall–Kier alpha value is -1.85. The summed E-state index contributed by atoms with van der Waals surface area (Å²) >= 11 is 0. The number of nitrogens with zero attached hydrogens (tertiary/aromatic N) is 3. The van der Waals surface area contributed by atoms with E-state index >= 15 is 0 Å². The zero-order valence-corrected chi connectivity index (χ0v) is 10.6. The van der Waals surface area contributed by atoms with Crippen LogP contribution in [0, 0.1) is 10.1 Å². The van der Waals surface area contributed by atoms with Gasteiger partial charge < -0.3 is 10.2 Å². The number of nitro groups is 1. The number of nitrogens with one attached hydrogen (secondary N) is 1. The van der Waals surface area contributed by atoms with Gasteiger partial charge >= 0.3 is 0 Å². The molecule has 1 N–H and O–H groups in total. The summed E-state index contributed by atoms with van der Waals surface area (Å²) in [6.07, 6.45) is 0.954. The first-order valence-electron chi connectivity index (χ1n) is 5.56. The highest BCUT2D eigenvalue weighted by Crippen LogP contribution is 2.23. The second-order valence-electron chi connectivity index (χ2n) is 3.94. The lowest BCUT2D eigenvalue weighted by Gasteiger charge is -2.25. The molecule has 6 nitrogen and oxygen atoms in total. The third-order valence-electron chi connectivity index (χ3n) is 2.88. The van der Waals surface area contributed by atoms with Crippen LogP contribution in [0.2, 0.25) is 0 Å². The normalized spacial score (nSPS) is 12.0. The van der Waals surface area contributed by atoms with Gasteiger partial charge in [0.25, 0.3) is 5.69 Å². The SMILES string of the molecule is CCC(C)N(C)c1cc([N+](=O)[O-])cc(NC)n1. The fraction of sp³-hybridized carbons (Fsp3) is 0.545. The summed E-state index contributed by atoms with van der Waals surface area (Å²) in [5.41, 5.74) is 0.0505. The summed E-state index contributed by atoms with van der Waals surface area (Å²) in [6, 6.07) is 3.20. The Bertz CT molecular complexity index is 408. The van der Waals surface area contributed by atoms with E-state index in [4.69, 9.17) is 0 Å². The van der Waals surface area contributed by atoms with Crippen molar-refractivity contribution in [2.45, 2.75) is 26.3 Å². The van der Waals surface area contributed by atoms with Gasteiger partial charge in [0.05, 0.1) is 17.1 Å². The van der Waals surface area contributed by atoms with Gasteiger partial charge in [0, 0.05) is 20.1 Å². The highest BCUT2D eigenvalue weighted by molar-refractivity contribution is 5.55. The van der Waals surface area contributed by atoms with Crippen molar-refractivity contribution in [3.05, 3.63) is 22.2 Å². The molecule has 1 atom stereocenters. The molecular formula is C11H18N4O2. The molecule has 0 fully saturated rings. The number of rotatable bonds is 5. The first kappa shape index (κ1) is 13.2. The highest BCUT2D eigenvalue weighted by Gasteiger charge is 2.15. The lowest BCUT2D eigenvalue weighted by molar-refractivity contribution is -0.384. The summed E-state index contributed by atoms with van der Waals surface area (Å²) in [4.78, 5) is 16.7. The summed E-state index contributed by atoms with van der Waals surface area (Å²) in [5.74, 6) is 1.11. The smallest absolute Gasteiger partial charge is 0.276 e. The number of pyridine rings is 1. The Morgan fingerprint density at radius 1 is 1.59 bits per heavy atom. The van der Waals surface area contributed by atoms with Crippen LogP contribution in [-0.2, 0) is 0 Å². The molecule has 0 aromatic carbocycles. The van der Waals surface area contributed by atoms with Gasteiger partial charge in [0.2, 0.25) is 0 Å². The van der Waals surface area contributed by atoms with Gasteiger partial charge in [0.15, 0.2) is 0 Å². The van der Waals surface area contributed by atoms with E-state index in [1.54, 1.807) is 7.05 Å². The highest BCUT2D eigenvalue weighted by atomic mass is 16.6. The number of hydrogen-bond acceptors (Lipinski definition) is 5. The summed E-state index contributed by atoms with van der Waals surface area (Å²) < 4.78 is 0. The van der Waals surface area contributed by atoms with Gasteiger partial charge in [-0.25, -0.2) is 4.98 Å². The summed E-state index contributed by atoms with van der Waals surface area (Å²) in [5, 5.41) is 13.6. The molecule has 1 heterocycles. The standard InChI is InChI=1S/C11H18N4O2/c1-5-8(2)14(4)11-7-9(15(16)17)6-10(12-3)13-11/h6-8H,5H2,1-4H3,(H,12,13). The molecule has 1 rings (SSSR count). The molecule has 0 amide bonds. The van der Waals surface area contributed by atoms with Gasteiger partial charge in [0.1, 0.15) is 11.6 Å². The molecule has 0 radical (unpaired) electrons. The zero-order chi connectivity index (χ0) is 13.0. The maximum Gasteiger partial charge on any atom is 0.276 e. The van der Waals surface area contributed by atoms with Crippen LogP contribution in [0.3, 0.4) is 0 Å². The fourth-order valence-corrected chi connectivity index (χ4v) is 1.42. The number of anilines is 2. The number of hydrogen-bond donors (Lipinski definition) is 1. The minimum Gasteiger partial charge on any atom is -0.373 e. The van der Waals surface area contributed by atoms with Crippen molar-refractivity contribution < 1.29 is 4.92 Å². The van der Waals surface area contributed by atoms with Crippen molar-refractivity contribution in [3.63, 3.8) is 0 Å². The molecule has 0 aliphatic rings. The van der Waals surface area contributed by atoms with Crippen LogP contribution in [-0.4, -0.2) is 30.0 Å². The first-order valence-corrected chi connectivity index (χ1v) is 5.56. The largest absolute Gasteiger partial charge is 0.373 e. The molecule has 1 aromatic rings. The zero-order valence-electron chi connectivity index (χ0n) is 10.6. The van der Waals surface area contributed by atoms with Crippen LogP contribution >= 0.6 is 0 Å². The Labute approximate surface area is 101 Å². The Morgan fingerprint density at radius 2 is 2.24 bits per heavy atom. The minimum atomic E-state index is -0.406. The molecule has 6 heteroatoms. The van der Waals surface area contributed by atoms with E-state index in [0.29, 0.717) is 11.6 Å². The second-order valence-corrected chi connectivity index (χ2v) is 3.94. The van der Waals surface area contributed by atoms with Crippen LogP contribution in [0.5, 0.6) is 0 Å².